The number of rotatable bonds is 4. The summed E-state index contributed by atoms with van der Waals surface area (Å²) in [4.78, 5) is 3.89. The first-order valence-electron chi connectivity index (χ1n) is 4.87. The Bertz CT molecular complexity index is 288. The molecule has 1 heterocycles. The molecule has 1 aromatic heterocycles. The molecule has 0 aliphatic rings. The van der Waals surface area contributed by atoms with Crippen molar-refractivity contribution in [2.45, 2.75) is 32.8 Å². The molecule has 1 rings (SSSR count). The second kappa shape index (κ2) is 5.05. The molecule has 78 valence electrons. The van der Waals surface area contributed by atoms with E-state index in [4.69, 9.17) is 0 Å². The van der Waals surface area contributed by atoms with Crippen molar-refractivity contribution in [3.63, 3.8) is 0 Å². The van der Waals surface area contributed by atoms with Crippen LogP contribution in [0, 0.1) is 11.7 Å². The van der Waals surface area contributed by atoms with Crippen molar-refractivity contribution < 1.29 is 9.50 Å². The molecular formula is C11H16FNO. The number of halogens is 1. The third kappa shape index (κ3) is 3.42. The van der Waals surface area contributed by atoms with E-state index < -0.39 is 6.10 Å². The lowest BCUT2D eigenvalue weighted by Crippen LogP contribution is -2.15. The number of aromatic nitrogens is 1. The highest BCUT2D eigenvalue weighted by atomic mass is 19.1. The lowest BCUT2D eigenvalue weighted by molar-refractivity contribution is 0.147. The number of hydrogen-bond acceptors (Lipinski definition) is 2. The summed E-state index contributed by atoms with van der Waals surface area (Å²) in [5.41, 5.74) is 0.348. The SMILES string of the molecule is CC(C)CC(O)Cc1ncccc1F. The number of aliphatic hydroxyl groups is 1. The van der Waals surface area contributed by atoms with Crippen LogP contribution in [-0.2, 0) is 6.42 Å². The van der Waals surface area contributed by atoms with Crippen LogP contribution in [0.1, 0.15) is 26.0 Å². The third-order valence-electron chi connectivity index (χ3n) is 2.01. The minimum Gasteiger partial charge on any atom is -0.393 e. The molecule has 1 N–H and O–H groups in total. The maximum absolute atomic E-state index is 13.1. The molecule has 1 aromatic rings. The van der Waals surface area contributed by atoms with Gasteiger partial charge in [0.15, 0.2) is 0 Å². The number of pyridine rings is 1. The molecule has 0 saturated heterocycles. The highest BCUT2D eigenvalue weighted by molar-refractivity contribution is 5.07. The van der Waals surface area contributed by atoms with Gasteiger partial charge in [0.05, 0.1) is 11.8 Å². The van der Waals surface area contributed by atoms with Gasteiger partial charge in [0.1, 0.15) is 5.82 Å². The van der Waals surface area contributed by atoms with E-state index >= 15 is 0 Å². The van der Waals surface area contributed by atoms with Gasteiger partial charge in [-0.15, -0.1) is 0 Å². The van der Waals surface area contributed by atoms with E-state index in [0.29, 0.717) is 24.5 Å². The van der Waals surface area contributed by atoms with E-state index in [9.17, 15) is 9.50 Å². The monoisotopic (exact) mass is 197 g/mol. The molecule has 1 atom stereocenters. The zero-order valence-electron chi connectivity index (χ0n) is 8.57. The quantitative estimate of drug-likeness (QED) is 0.802. The molecular weight excluding hydrogens is 181 g/mol. The summed E-state index contributed by atoms with van der Waals surface area (Å²) in [6, 6.07) is 2.91. The first-order chi connectivity index (χ1) is 6.59. The van der Waals surface area contributed by atoms with E-state index in [1.807, 2.05) is 13.8 Å². The molecule has 14 heavy (non-hydrogen) atoms. The molecule has 0 amide bonds. The van der Waals surface area contributed by atoms with Crippen LogP contribution in [0.4, 0.5) is 4.39 Å². The Hall–Kier alpha value is -0.960. The zero-order chi connectivity index (χ0) is 10.6. The maximum atomic E-state index is 13.1. The predicted octanol–water partition coefficient (Wildman–Crippen LogP) is 2.17. The van der Waals surface area contributed by atoms with Crippen molar-refractivity contribution in [2.75, 3.05) is 0 Å². The molecule has 0 aliphatic carbocycles. The number of aliphatic hydroxyl groups excluding tert-OH is 1. The molecule has 0 bridgehead atoms. The first kappa shape index (κ1) is 11.1. The van der Waals surface area contributed by atoms with Crippen molar-refractivity contribution in [2.24, 2.45) is 5.92 Å². The Labute approximate surface area is 83.8 Å². The average Bonchev–Trinajstić information content (AvgIpc) is 2.07. The van der Waals surface area contributed by atoms with Gasteiger partial charge in [-0.25, -0.2) is 4.39 Å². The van der Waals surface area contributed by atoms with Gasteiger partial charge in [0.2, 0.25) is 0 Å². The lowest BCUT2D eigenvalue weighted by atomic mass is 10.0. The van der Waals surface area contributed by atoms with E-state index in [1.54, 1.807) is 12.3 Å². The molecule has 0 aromatic carbocycles. The zero-order valence-corrected chi connectivity index (χ0v) is 8.57. The van der Waals surface area contributed by atoms with Gasteiger partial charge in [0.25, 0.3) is 0 Å². The minimum absolute atomic E-state index is 0.296. The summed E-state index contributed by atoms with van der Waals surface area (Å²) in [7, 11) is 0. The van der Waals surface area contributed by atoms with Crippen molar-refractivity contribution in [3.05, 3.63) is 29.8 Å². The van der Waals surface area contributed by atoms with Crippen molar-refractivity contribution >= 4 is 0 Å². The number of hydrogen-bond donors (Lipinski definition) is 1. The topological polar surface area (TPSA) is 33.1 Å². The fraction of sp³-hybridized carbons (Fsp3) is 0.545. The van der Waals surface area contributed by atoms with E-state index in [0.717, 1.165) is 0 Å². The van der Waals surface area contributed by atoms with E-state index in [2.05, 4.69) is 4.98 Å². The summed E-state index contributed by atoms with van der Waals surface area (Å²) in [5, 5.41) is 9.59. The average molecular weight is 197 g/mol. The molecule has 0 saturated carbocycles. The lowest BCUT2D eigenvalue weighted by Gasteiger charge is -2.12. The number of nitrogens with zero attached hydrogens (tertiary/aromatic N) is 1. The maximum Gasteiger partial charge on any atom is 0.144 e. The van der Waals surface area contributed by atoms with Gasteiger partial charge < -0.3 is 5.11 Å². The minimum atomic E-state index is -0.501. The van der Waals surface area contributed by atoms with Crippen LogP contribution in [0.2, 0.25) is 0 Å². The van der Waals surface area contributed by atoms with Gasteiger partial charge in [-0.05, 0) is 24.5 Å². The van der Waals surface area contributed by atoms with Gasteiger partial charge >= 0.3 is 0 Å². The second-order valence-electron chi connectivity index (χ2n) is 3.92. The van der Waals surface area contributed by atoms with Crippen LogP contribution in [0.3, 0.4) is 0 Å². The van der Waals surface area contributed by atoms with Gasteiger partial charge in [-0.3, -0.25) is 4.98 Å². The first-order valence-corrected chi connectivity index (χ1v) is 4.87. The van der Waals surface area contributed by atoms with Crippen LogP contribution < -0.4 is 0 Å². The summed E-state index contributed by atoms with van der Waals surface area (Å²) in [6.45, 7) is 4.05. The summed E-state index contributed by atoms with van der Waals surface area (Å²) < 4.78 is 13.1. The van der Waals surface area contributed by atoms with Crippen LogP contribution in [0.25, 0.3) is 0 Å². The van der Waals surface area contributed by atoms with Crippen molar-refractivity contribution in [1.29, 1.82) is 0 Å². The van der Waals surface area contributed by atoms with Crippen LogP contribution in [0.5, 0.6) is 0 Å². The van der Waals surface area contributed by atoms with Gasteiger partial charge in [0, 0.05) is 12.6 Å². The van der Waals surface area contributed by atoms with Crippen LogP contribution in [0.15, 0.2) is 18.3 Å². The summed E-state index contributed by atoms with van der Waals surface area (Å²) in [6.07, 6.45) is 2.01. The van der Waals surface area contributed by atoms with Gasteiger partial charge in [-0.2, -0.15) is 0 Å². The third-order valence-corrected chi connectivity index (χ3v) is 2.01. The Morgan fingerprint density at radius 1 is 1.50 bits per heavy atom. The fourth-order valence-corrected chi connectivity index (χ4v) is 1.42. The van der Waals surface area contributed by atoms with E-state index in [-0.39, 0.29) is 5.82 Å². The Kier molecular flexibility index (Phi) is 4.01. The smallest absolute Gasteiger partial charge is 0.144 e. The molecule has 0 radical (unpaired) electrons. The molecule has 0 aliphatic heterocycles. The Balaban J connectivity index is 2.56. The summed E-state index contributed by atoms with van der Waals surface area (Å²) in [5.74, 6) is 0.0760. The van der Waals surface area contributed by atoms with E-state index in [1.165, 1.54) is 6.07 Å². The Morgan fingerprint density at radius 2 is 2.21 bits per heavy atom. The molecule has 1 unspecified atom stereocenters. The van der Waals surface area contributed by atoms with Crippen LogP contribution >= 0.6 is 0 Å². The van der Waals surface area contributed by atoms with Gasteiger partial charge in [-0.1, -0.05) is 13.8 Å². The van der Waals surface area contributed by atoms with Crippen molar-refractivity contribution in [1.82, 2.24) is 4.98 Å². The molecule has 3 heteroatoms. The largest absolute Gasteiger partial charge is 0.393 e. The molecule has 0 spiro atoms. The standard InChI is InChI=1S/C11H16FNO/c1-8(2)6-9(14)7-11-10(12)4-3-5-13-11/h3-5,8-9,14H,6-7H2,1-2H3. The molecule has 2 nitrogen and oxygen atoms in total. The highest BCUT2D eigenvalue weighted by Crippen LogP contribution is 2.11. The van der Waals surface area contributed by atoms with Crippen LogP contribution in [-0.4, -0.2) is 16.2 Å². The Morgan fingerprint density at radius 3 is 2.79 bits per heavy atom. The molecule has 0 fully saturated rings. The second-order valence-corrected chi connectivity index (χ2v) is 3.92. The van der Waals surface area contributed by atoms with Crippen molar-refractivity contribution in [3.8, 4) is 0 Å². The highest BCUT2D eigenvalue weighted by Gasteiger charge is 2.11. The predicted molar refractivity (Wildman–Crippen MR) is 53.4 cm³/mol. The normalized spacial score (nSPS) is 13.2. The summed E-state index contributed by atoms with van der Waals surface area (Å²) >= 11 is 0. The fourth-order valence-electron chi connectivity index (χ4n) is 1.42.